The molecule has 3 rings (SSSR count). The molecule has 0 bridgehead atoms. The number of methoxy groups -OCH3 is 3. The summed E-state index contributed by atoms with van der Waals surface area (Å²) in [4.78, 5) is 13.9. The summed E-state index contributed by atoms with van der Waals surface area (Å²) in [5.74, 6) is 0.840. The number of nitrogens with zero attached hydrogens (tertiary/aromatic N) is 3. The third-order valence-electron chi connectivity index (χ3n) is 4.56. The quantitative estimate of drug-likeness (QED) is 0.492. The van der Waals surface area contributed by atoms with E-state index in [-0.39, 0.29) is 0 Å². The van der Waals surface area contributed by atoms with Gasteiger partial charge in [0, 0.05) is 25.2 Å². The Labute approximate surface area is 168 Å². The molecule has 0 spiro atoms. The van der Waals surface area contributed by atoms with Crippen molar-refractivity contribution < 1.29 is 19.0 Å². The number of carbonyl (C=O) groups is 1. The van der Waals surface area contributed by atoms with E-state index in [1.165, 1.54) is 13.2 Å². The first-order chi connectivity index (χ1) is 13.6. The summed E-state index contributed by atoms with van der Waals surface area (Å²) in [7, 11) is 4.53. The standard InChI is InChI=1S/C20H22ClN3O4/c1-26-18-12-17(24-8-4-5-9-24)19(27-2)11-16(18)23-22-15-7-6-13(10-14(15)21)20(25)28-3/h6-7,10-12H,4-5,8-9H2,1-3H3/b23-22+. The Kier molecular flexibility index (Phi) is 6.36. The Morgan fingerprint density at radius 3 is 2.25 bits per heavy atom. The lowest BCUT2D eigenvalue weighted by Gasteiger charge is -2.21. The Morgan fingerprint density at radius 2 is 1.64 bits per heavy atom. The monoisotopic (exact) mass is 403 g/mol. The zero-order valence-electron chi connectivity index (χ0n) is 16.1. The number of benzene rings is 2. The van der Waals surface area contributed by atoms with Gasteiger partial charge in [0.2, 0.25) is 0 Å². The van der Waals surface area contributed by atoms with Gasteiger partial charge in [-0.1, -0.05) is 11.6 Å². The summed E-state index contributed by atoms with van der Waals surface area (Å²) < 4.78 is 15.7. The van der Waals surface area contributed by atoms with Crippen molar-refractivity contribution >= 4 is 34.6 Å². The highest BCUT2D eigenvalue weighted by Gasteiger charge is 2.19. The normalized spacial score (nSPS) is 13.8. The average Bonchev–Trinajstić information content (AvgIpc) is 3.26. The molecule has 0 N–H and O–H groups in total. The molecule has 2 aromatic carbocycles. The molecule has 2 aromatic rings. The van der Waals surface area contributed by atoms with Crippen LogP contribution in [0.3, 0.4) is 0 Å². The van der Waals surface area contributed by atoms with Crippen molar-refractivity contribution in [2.24, 2.45) is 10.2 Å². The second-order valence-electron chi connectivity index (χ2n) is 6.25. The largest absolute Gasteiger partial charge is 0.494 e. The summed E-state index contributed by atoms with van der Waals surface area (Å²) in [5.41, 5.74) is 2.28. The first kappa shape index (κ1) is 19.9. The Morgan fingerprint density at radius 1 is 0.964 bits per heavy atom. The Bertz CT molecular complexity index is 895. The number of azo groups is 1. The number of rotatable bonds is 6. The highest BCUT2D eigenvalue weighted by Crippen LogP contribution is 2.42. The number of carbonyl (C=O) groups excluding carboxylic acids is 1. The van der Waals surface area contributed by atoms with E-state index in [1.54, 1.807) is 32.4 Å². The maximum atomic E-state index is 11.6. The summed E-state index contributed by atoms with van der Waals surface area (Å²) >= 11 is 6.22. The highest BCUT2D eigenvalue weighted by molar-refractivity contribution is 6.33. The highest BCUT2D eigenvalue weighted by atomic mass is 35.5. The van der Waals surface area contributed by atoms with E-state index >= 15 is 0 Å². The minimum atomic E-state index is -0.464. The van der Waals surface area contributed by atoms with Gasteiger partial charge in [-0.15, -0.1) is 10.2 Å². The van der Waals surface area contributed by atoms with Crippen LogP contribution in [-0.4, -0.2) is 40.4 Å². The molecule has 8 heteroatoms. The van der Waals surface area contributed by atoms with E-state index in [2.05, 4.69) is 19.9 Å². The molecule has 0 radical (unpaired) electrons. The minimum absolute atomic E-state index is 0.297. The molecule has 1 aliphatic rings. The van der Waals surface area contributed by atoms with Gasteiger partial charge >= 0.3 is 5.97 Å². The van der Waals surface area contributed by atoms with E-state index in [9.17, 15) is 4.79 Å². The first-order valence-corrected chi connectivity index (χ1v) is 9.25. The van der Waals surface area contributed by atoms with Crippen LogP contribution in [0.25, 0.3) is 0 Å². The van der Waals surface area contributed by atoms with Gasteiger partial charge in [0.15, 0.2) is 0 Å². The molecular weight excluding hydrogens is 382 g/mol. The van der Waals surface area contributed by atoms with Crippen molar-refractivity contribution in [3.63, 3.8) is 0 Å². The third kappa shape index (κ3) is 4.20. The van der Waals surface area contributed by atoms with E-state index in [0.29, 0.717) is 33.5 Å². The van der Waals surface area contributed by atoms with Crippen molar-refractivity contribution in [2.45, 2.75) is 12.8 Å². The molecule has 28 heavy (non-hydrogen) atoms. The Balaban J connectivity index is 1.92. The second kappa shape index (κ2) is 8.93. The molecule has 1 heterocycles. The molecule has 0 saturated carbocycles. The SMILES string of the molecule is COC(=O)c1ccc(/N=N/c2cc(OC)c(N3CCCC3)cc2OC)c(Cl)c1. The second-order valence-corrected chi connectivity index (χ2v) is 6.66. The van der Waals surface area contributed by atoms with Crippen LogP contribution in [-0.2, 0) is 4.74 Å². The van der Waals surface area contributed by atoms with Gasteiger partial charge in [-0.3, -0.25) is 0 Å². The maximum Gasteiger partial charge on any atom is 0.337 e. The lowest BCUT2D eigenvalue weighted by atomic mass is 10.2. The van der Waals surface area contributed by atoms with Crippen molar-refractivity contribution in [2.75, 3.05) is 39.3 Å². The predicted octanol–water partition coefficient (Wildman–Crippen LogP) is 5.16. The topological polar surface area (TPSA) is 72.7 Å². The van der Waals surface area contributed by atoms with Crippen molar-refractivity contribution in [3.05, 3.63) is 40.9 Å². The van der Waals surface area contributed by atoms with E-state index < -0.39 is 5.97 Å². The van der Waals surface area contributed by atoms with Gasteiger partial charge in [-0.25, -0.2) is 4.79 Å². The van der Waals surface area contributed by atoms with Crippen molar-refractivity contribution in [1.29, 1.82) is 0 Å². The summed E-state index contributed by atoms with van der Waals surface area (Å²) in [6.45, 7) is 1.98. The fourth-order valence-corrected chi connectivity index (χ4v) is 3.31. The smallest absolute Gasteiger partial charge is 0.337 e. The van der Waals surface area contributed by atoms with Crippen LogP contribution in [0.1, 0.15) is 23.2 Å². The fraction of sp³-hybridized carbons (Fsp3) is 0.350. The van der Waals surface area contributed by atoms with Crippen LogP contribution in [0.4, 0.5) is 17.1 Å². The summed E-state index contributed by atoms with van der Waals surface area (Å²) in [5, 5.41) is 8.78. The van der Waals surface area contributed by atoms with Crippen LogP contribution in [0.2, 0.25) is 5.02 Å². The van der Waals surface area contributed by atoms with Crippen LogP contribution < -0.4 is 14.4 Å². The van der Waals surface area contributed by atoms with Gasteiger partial charge in [0.1, 0.15) is 22.9 Å². The van der Waals surface area contributed by atoms with Crippen LogP contribution in [0, 0.1) is 0 Å². The molecule has 1 aliphatic heterocycles. The van der Waals surface area contributed by atoms with Gasteiger partial charge < -0.3 is 19.1 Å². The molecule has 0 unspecified atom stereocenters. The van der Waals surface area contributed by atoms with Crippen LogP contribution in [0.5, 0.6) is 11.5 Å². The lowest BCUT2D eigenvalue weighted by molar-refractivity contribution is 0.0601. The first-order valence-electron chi connectivity index (χ1n) is 8.88. The zero-order valence-corrected chi connectivity index (χ0v) is 16.8. The zero-order chi connectivity index (χ0) is 20.1. The fourth-order valence-electron chi connectivity index (χ4n) is 3.09. The molecule has 0 amide bonds. The van der Waals surface area contributed by atoms with Gasteiger partial charge in [0.25, 0.3) is 0 Å². The number of halogens is 1. The number of hydrogen-bond acceptors (Lipinski definition) is 7. The number of hydrogen-bond donors (Lipinski definition) is 0. The number of ether oxygens (including phenoxy) is 3. The third-order valence-corrected chi connectivity index (χ3v) is 4.86. The molecule has 0 atom stereocenters. The molecule has 0 aromatic heterocycles. The predicted molar refractivity (Wildman–Crippen MR) is 108 cm³/mol. The van der Waals surface area contributed by atoms with Crippen LogP contribution >= 0.6 is 11.6 Å². The van der Waals surface area contributed by atoms with Crippen molar-refractivity contribution in [3.8, 4) is 11.5 Å². The van der Waals surface area contributed by atoms with E-state index in [1.807, 2.05) is 6.07 Å². The molecule has 1 saturated heterocycles. The van der Waals surface area contributed by atoms with E-state index in [4.69, 9.17) is 21.1 Å². The average molecular weight is 404 g/mol. The Hall–Kier alpha value is -2.80. The lowest BCUT2D eigenvalue weighted by Crippen LogP contribution is -2.18. The molecule has 148 valence electrons. The van der Waals surface area contributed by atoms with Gasteiger partial charge in [-0.05, 0) is 31.0 Å². The van der Waals surface area contributed by atoms with Crippen molar-refractivity contribution in [1.82, 2.24) is 0 Å². The molecule has 1 fully saturated rings. The summed E-state index contributed by atoms with van der Waals surface area (Å²) in [6, 6.07) is 8.41. The number of esters is 1. The summed E-state index contributed by atoms with van der Waals surface area (Å²) in [6.07, 6.45) is 2.32. The minimum Gasteiger partial charge on any atom is -0.494 e. The van der Waals surface area contributed by atoms with E-state index in [0.717, 1.165) is 31.6 Å². The number of anilines is 1. The van der Waals surface area contributed by atoms with Crippen LogP contribution in [0.15, 0.2) is 40.6 Å². The van der Waals surface area contributed by atoms with Gasteiger partial charge in [0.05, 0.1) is 37.6 Å². The molecular formula is C20H22ClN3O4. The molecule has 0 aliphatic carbocycles. The maximum absolute atomic E-state index is 11.6. The molecule has 7 nitrogen and oxygen atoms in total. The van der Waals surface area contributed by atoms with Gasteiger partial charge in [-0.2, -0.15) is 0 Å².